The molecule has 1 aromatic heterocycles. The molecule has 0 aromatic carbocycles. The van der Waals surface area contributed by atoms with Crippen molar-refractivity contribution in [2.24, 2.45) is 5.73 Å². The molecule has 2 N–H and O–H groups in total. The molecule has 5 heteroatoms. The standard InChI is InChI=1S/C10H17N3O2/c1-10(3-6-14-7-4-10)9-12-8(2-5-11)15-13-9/h2-7,11H2,1H3. The van der Waals surface area contributed by atoms with Gasteiger partial charge in [-0.25, -0.2) is 0 Å². The van der Waals surface area contributed by atoms with Gasteiger partial charge < -0.3 is 15.0 Å². The van der Waals surface area contributed by atoms with Crippen LogP contribution in [0.25, 0.3) is 0 Å². The summed E-state index contributed by atoms with van der Waals surface area (Å²) in [7, 11) is 0. The van der Waals surface area contributed by atoms with E-state index in [0.29, 0.717) is 18.9 Å². The van der Waals surface area contributed by atoms with Crippen LogP contribution in [0.5, 0.6) is 0 Å². The van der Waals surface area contributed by atoms with Gasteiger partial charge in [0.1, 0.15) is 0 Å². The van der Waals surface area contributed by atoms with Crippen LogP contribution in [0.15, 0.2) is 4.52 Å². The lowest BCUT2D eigenvalue weighted by molar-refractivity contribution is 0.0527. The molecule has 0 bridgehead atoms. The number of rotatable bonds is 3. The van der Waals surface area contributed by atoms with Crippen LogP contribution >= 0.6 is 0 Å². The fraction of sp³-hybridized carbons (Fsp3) is 0.800. The van der Waals surface area contributed by atoms with E-state index < -0.39 is 0 Å². The zero-order valence-electron chi connectivity index (χ0n) is 9.03. The minimum Gasteiger partial charge on any atom is -0.381 e. The van der Waals surface area contributed by atoms with E-state index in [9.17, 15) is 0 Å². The van der Waals surface area contributed by atoms with Gasteiger partial charge in [-0.3, -0.25) is 0 Å². The second-order valence-corrected chi connectivity index (χ2v) is 4.22. The number of aromatic nitrogens is 2. The number of nitrogens with two attached hydrogens (primary N) is 1. The highest BCUT2D eigenvalue weighted by Gasteiger charge is 2.33. The zero-order valence-corrected chi connectivity index (χ0v) is 9.03. The van der Waals surface area contributed by atoms with Crippen molar-refractivity contribution < 1.29 is 9.26 Å². The minimum atomic E-state index is 0.00853. The third-order valence-electron chi connectivity index (χ3n) is 2.96. The van der Waals surface area contributed by atoms with E-state index in [4.69, 9.17) is 15.0 Å². The lowest BCUT2D eigenvalue weighted by Crippen LogP contribution is -2.31. The molecule has 0 saturated carbocycles. The summed E-state index contributed by atoms with van der Waals surface area (Å²) in [5, 5.41) is 4.03. The van der Waals surface area contributed by atoms with E-state index in [-0.39, 0.29) is 5.41 Å². The Labute approximate surface area is 89.0 Å². The molecule has 84 valence electrons. The van der Waals surface area contributed by atoms with Crippen LogP contribution in [-0.2, 0) is 16.6 Å². The van der Waals surface area contributed by atoms with Crippen LogP contribution in [0.1, 0.15) is 31.5 Å². The van der Waals surface area contributed by atoms with Crippen molar-refractivity contribution in [2.75, 3.05) is 19.8 Å². The summed E-state index contributed by atoms with van der Waals surface area (Å²) in [5.41, 5.74) is 5.44. The third-order valence-corrected chi connectivity index (χ3v) is 2.96. The Balaban J connectivity index is 2.12. The van der Waals surface area contributed by atoms with Crippen LogP contribution < -0.4 is 5.73 Å². The number of ether oxygens (including phenoxy) is 1. The molecular formula is C10H17N3O2. The van der Waals surface area contributed by atoms with Crippen molar-refractivity contribution in [1.82, 2.24) is 10.1 Å². The smallest absolute Gasteiger partial charge is 0.227 e. The first-order chi connectivity index (χ1) is 7.24. The summed E-state index contributed by atoms with van der Waals surface area (Å²) in [6, 6.07) is 0. The van der Waals surface area contributed by atoms with Gasteiger partial charge in [-0.05, 0) is 12.8 Å². The van der Waals surface area contributed by atoms with Crippen LogP contribution in [-0.4, -0.2) is 29.9 Å². The van der Waals surface area contributed by atoms with E-state index in [1.54, 1.807) is 0 Å². The lowest BCUT2D eigenvalue weighted by Gasteiger charge is -2.29. The summed E-state index contributed by atoms with van der Waals surface area (Å²) in [4.78, 5) is 4.38. The molecular weight excluding hydrogens is 194 g/mol. The van der Waals surface area contributed by atoms with Gasteiger partial charge in [-0.15, -0.1) is 0 Å². The Morgan fingerprint density at radius 3 is 2.80 bits per heavy atom. The number of hydrogen-bond donors (Lipinski definition) is 1. The first-order valence-electron chi connectivity index (χ1n) is 5.35. The molecule has 5 nitrogen and oxygen atoms in total. The SMILES string of the molecule is CC1(c2noc(CCN)n2)CCOCC1. The predicted octanol–water partition coefficient (Wildman–Crippen LogP) is 0.639. The Kier molecular flexibility index (Phi) is 3.02. The quantitative estimate of drug-likeness (QED) is 0.794. The minimum absolute atomic E-state index is 0.00853. The van der Waals surface area contributed by atoms with E-state index in [1.165, 1.54) is 0 Å². The molecule has 1 saturated heterocycles. The van der Waals surface area contributed by atoms with Gasteiger partial charge in [0.15, 0.2) is 5.82 Å². The van der Waals surface area contributed by atoms with Crippen LogP contribution in [0.3, 0.4) is 0 Å². The lowest BCUT2D eigenvalue weighted by atomic mass is 9.82. The van der Waals surface area contributed by atoms with Gasteiger partial charge in [-0.1, -0.05) is 12.1 Å². The zero-order chi connectivity index (χ0) is 10.7. The molecule has 2 heterocycles. The molecule has 0 atom stereocenters. The van der Waals surface area contributed by atoms with Crippen molar-refractivity contribution in [3.8, 4) is 0 Å². The van der Waals surface area contributed by atoms with Crippen molar-refractivity contribution in [3.63, 3.8) is 0 Å². The van der Waals surface area contributed by atoms with E-state index >= 15 is 0 Å². The van der Waals surface area contributed by atoms with E-state index in [1.807, 2.05) is 0 Å². The maximum atomic E-state index is 5.43. The van der Waals surface area contributed by atoms with Crippen LogP contribution in [0.2, 0.25) is 0 Å². The third kappa shape index (κ3) is 2.18. The summed E-state index contributed by atoms with van der Waals surface area (Å²) in [6.07, 6.45) is 2.56. The summed E-state index contributed by atoms with van der Waals surface area (Å²) in [5.74, 6) is 1.44. The first kappa shape index (κ1) is 10.6. The average Bonchev–Trinajstić information content (AvgIpc) is 2.69. The fourth-order valence-electron chi connectivity index (χ4n) is 1.77. The van der Waals surface area contributed by atoms with Gasteiger partial charge in [0.2, 0.25) is 5.89 Å². The molecule has 0 spiro atoms. The molecule has 1 aromatic rings. The molecule has 0 radical (unpaired) electrons. The van der Waals surface area contributed by atoms with Crippen molar-refractivity contribution in [3.05, 3.63) is 11.7 Å². The topological polar surface area (TPSA) is 74.2 Å². The summed E-state index contributed by atoms with van der Waals surface area (Å²) >= 11 is 0. The monoisotopic (exact) mass is 211 g/mol. The molecule has 0 unspecified atom stereocenters. The van der Waals surface area contributed by atoms with Crippen LogP contribution in [0, 0.1) is 0 Å². The van der Waals surface area contributed by atoms with Crippen molar-refractivity contribution in [1.29, 1.82) is 0 Å². The highest BCUT2D eigenvalue weighted by molar-refractivity contribution is 5.06. The van der Waals surface area contributed by atoms with Gasteiger partial charge in [-0.2, -0.15) is 4.98 Å². The van der Waals surface area contributed by atoms with Crippen LogP contribution in [0.4, 0.5) is 0 Å². The molecule has 1 aliphatic rings. The second kappa shape index (κ2) is 4.28. The van der Waals surface area contributed by atoms with Crippen molar-refractivity contribution in [2.45, 2.75) is 31.6 Å². The van der Waals surface area contributed by atoms with Gasteiger partial charge >= 0.3 is 0 Å². The molecule has 0 amide bonds. The molecule has 2 rings (SSSR count). The molecule has 0 aliphatic carbocycles. The van der Waals surface area contributed by atoms with Gasteiger partial charge in [0, 0.05) is 31.6 Å². The highest BCUT2D eigenvalue weighted by atomic mass is 16.5. The van der Waals surface area contributed by atoms with Crippen molar-refractivity contribution >= 4 is 0 Å². The Morgan fingerprint density at radius 1 is 1.40 bits per heavy atom. The molecule has 1 fully saturated rings. The maximum Gasteiger partial charge on any atom is 0.227 e. The van der Waals surface area contributed by atoms with Gasteiger partial charge in [0.25, 0.3) is 0 Å². The largest absolute Gasteiger partial charge is 0.381 e. The summed E-state index contributed by atoms with van der Waals surface area (Å²) < 4.78 is 10.5. The maximum absolute atomic E-state index is 5.43. The van der Waals surface area contributed by atoms with E-state index in [2.05, 4.69) is 17.1 Å². The fourth-order valence-corrected chi connectivity index (χ4v) is 1.77. The second-order valence-electron chi connectivity index (χ2n) is 4.22. The molecule has 1 aliphatic heterocycles. The van der Waals surface area contributed by atoms with Gasteiger partial charge in [0.05, 0.1) is 0 Å². The Bertz CT molecular complexity index is 318. The predicted molar refractivity (Wildman–Crippen MR) is 54.5 cm³/mol. The highest BCUT2D eigenvalue weighted by Crippen LogP contribution is 2.31. The molecule has 15 heavy (non-hydrogen) atoms. The number of nitrogens with zero attached hydrogens (tertiary/aromatic N) is 2. The number of hydrogen-bond acceptors (Lipinski definition) is 5. The Morgan fingerprint density at radius 2 is 2.13 bits per heavy atom. The average molecular weight is 211 g/mol. The summed E-state index contributed by atoms with van der Waals surface area (Å²) in [6.45, 7) is 4.25. The normalized spacial score (nSPS) is 20.4. The first-order valence-corrected chi connectivity index (χ1v) is 5.35. The van der Waals surface area contributed by atoms with E-state index in [0.717, 1.165) is 31.9 Å². The Hall–Kier alpha value is -0.940.